The van der Waals surface area contributed by atoms with Gasteiger partial charge in [-0.1, -0.05) is 0 Å². The maximum absolute atomic E-state index is 13.1. The Kier molecular flexibility index (Phi) is 4.52. The minimum atomic E-state index is -0.245. The van der Waals surface area contributed by atoms with E-state index in [-0.39, 0.29) is 5.82 Å². The van der Waals surface area contributed by atoms with Crippen molar-refractivity contribution >= 4 is 5.69 Å². The SMILES string of the molecule is CN(C)CCNc1cc(F)cc(CN)c1. The Morgan fingerprint density at radius 2 is 2.07 bits per heavy atom. The molecule has 0 amide bonds. The van der Waals surface area contributed by atoms with Crippen LogP contribution in [0.1, 0.15) is 5.56 Å². The van der Waals surface area contributed by atoms with Crippen molar-refractivity contribution in [2.75, 3.05) is 32.5 Å². The van der Waals surface area contributed by atoms with E-state index in [0.717, 1.165) is 24.3 Å². The normalized spacial score (nSPS) is 10.7. The molecule has 4 heteroatoms. The molecule has 0 aromatic heterocycles. The van der Waals surface area contributed by atoms with Gasteiger partial charge in [-0.2, -0.15) is 0 Å². The lowest BCUT2D eigenvalue weighted by Crippen LogP contribution is -2.20. The quantitative estimate of drug-likeness (QED) is 0.770. The van der Waals surface area contributed by atoms with Crippen molar-refractivity contribution < 1.29 is 4.39 Å². The smallest absolute Gasteiger partial charge is 0.125 e. The lowest BCUT2D eigenvalue weighted by molar-refractivity contribution is 0.425. The third-order valence-corrected chi connectivity index (χ3v) is 2.08. The van der Waals surface area contributed by atoms with Gasteiger partial charge >= 0.3 is 0 Å². The van der Waals surface area contributed by atoms with Crippen LogP contribution in [-0.4, -0.2) is 32.1 Å². The summed E-state index contributed by atoms with van der Waals surface area (Å²) < 4.78 is 13.1. The molecule has 0 saturated heterocycles. The van der Waals surface area contributed by atoms with Crippen molar-refractivity contribution in [3.05, 3.63) is 29.6 Å². The first-order valence-corrected chi connectivity index (χ1v) is 5.00. The van der Waals surface area contributed by atoms with Gasteiger partial charge in [0, 0.05) is 25.3 Å². The molecule has 0 saturated carbocycles. The third kappa shape index (κ3) is 4.27. The second-order valence-corrected chi connectivity index (χ2v) is 3.78. The number of anilines is 1. The zero-order valence-electron chi connectivity index (χ0n) is 9.26. The van der Waals surface area contributed by atoms with E-state index in [1.54, 1.807) is 0 Å². The van der Waals surface area contributed by atoms with Crippen LogP contribution in [0, 0.1) is 5.82 Å². The van der Waals surface area contributed by atoms with Gasteiger partial charge in [0.25, 0.3) is 0 Å². The molecule has 0 fully saturated rings. The minimum Gasteiger partial charge on any atom is -0.384 e. The number of halogens is 1. The van der Waals surface area contributed by atoms with E-state index in [4.69, 9.17) is 5.73 Å². The maximum Gasteiger partial charge on any atom is 0.125 e. The van der Waals surface area contributed by atoms with Gasteiger partial charge in [0.2, 0.25) is 0 Å². The lowest BCUT2D eigenvalue weighted by Gasteiger charge is -2.12. The molecular weight excluding hydrogens is 193 g/mol. The molecule has 3 nitrogen and oxygen atoms in total. The summed E-state index contributed by atoms with van der Waals surface area (Å²) in [5.41, 5.74) is 7.06. The minimum absolute atomic E-state index is 0.245. The summed E-state index contributed by atoms with van der Waals surface area (Å²) in [6.07, 6.45) is 0. The molecule has 0 bridgehead atoms. The zero-order chi connectivity index (χ0) is 11.3. The summed E-state index contributed by atoms with van der Waals surface area (Å²) in [5, 5.41) is 3.15. The summed E-state index contributed by atoms with van der Waals surface area (Å²) in [6, 6.07) is 4.81. The monoisotopic (exact) mass is 211 g/mol. The van der Waals surface area contributed by atoms with E-state index < -0.39 is 0 Å². The van der Waals surface area contributed by atoms with Crippen LogP contribution in [0.3, 0.4) is 0 Å². The fourth-order valence-electron chi connectivity index (χ4n) is 1.29. The molecule has 0 spiro atoms. The highest BCUT2D eigenvalue weighted by molar-refractivity contribution is 5.46. The van der Waals surface area contributed by atoms with E-state index in [2.05, 4.69) is 10.2 Å². The highest BCUT2D eigenvalue weighted by Crippen LogP contribution is 2.13. The number of nitrogens with zero attached hydrogens (tertiary/aromatic N) is 1. The fourth-order valence-corrected chi connectivity index (χ4v) is 1.29. The standard InChI is InChI=1S/C11H18FN3/c1-15(2)4-3-14-11-6-9(8-13)5-10(12)7-11/h5-7,14H,3-4,8,13H2,1-2H3. The number of benzene rings is 1. The Bertz CT molecular complexity index is 313. The molecule has 1 rings (SSSR count). The average Bonchev–Trinajstić information content (AvgIpc) is 2.16. The molecule has 3 N–H and O–H groups in total. The van der Waals surface area contributed by atoms with E-state index >= 15 is 0 Å². The van der Waals surface area contributed by atoms with Crippen LogP contribution >= 0.6 is 0 Å². The molecule has 84 valence electrons. The second kappa shape index (κ2) is 5.68. The van der Waals surface area contributed by atoms with Crippen molar-refractivity contribution in [3.63, 3.8) is 0 Å². The topological polar surface area (TPSA) is 41.3 Å². The van der Waals surface area contributed by atoms with Gasteiger partial charge in [-0.15, -0.1) is 0 Å². The van der Waals surface area contributed by atoms with Gasteiger partial charge in [0.05, 0.1) is 0 Å². The van der Waals surface area contributed by atoms with Gasteiger partial charge in [-0.25, -0.2) is 4.39 Å². The molecule has 0 radical (unpaired) electrons. The Hall–Kier alpha value is -1.13. The summed E-state index contributed by atoms with van der Waals surface area (Å²) in [7, 11) is 4.00. The van der Waals surface area contributed by atoms with Gasteiger partial charge in [0.1, 0.15) is 5.82 Å². The largest absolute Gasteiger partial charge is 0.384 e. The number of nitrogens with one attached hydrogen (secondary N) is 1. The highest BCUT2D eigenvalue weighted by Gasteiger charge is 1.99. The maximum atomic E-state index is 13.1. The summed E-state index contributed by atoms with van der Waals surface area (Å²) in [5.74, 6) is -0.245. The van der Waals surface area contributed by atoms with Crippen molar-refractivity contribution in [1.29, 1.82) is 0 Å². The molecule has 0 aliphatic carbocycles. The van der Waals surface area contributed by atoms with Gasteiger partial charge in [-0.05, 0) is 37.9 Å². The predicted molar refractivity (Wildman–Crippen MR) is 61.3 cm³/mol. The molecule has 1 aromatic carbocycles. The Labute approximate surface area is 90.1 Å². The molecule has 0 atom stereocenters. The van der Waals surface area contributed by atoms with Crippen LogP contribution < -0.4 is 11.1 Å². The van der Waals surface area contributed by atoms with Crippen LogP contribution in [0.4, 0.5) is 10.1 Å². The van der Waals surface area contributed by atoms with E-state index in [1.165, 1.54) is 12.1 Å². The fraction of sp³-hybridized carbons (Fsp3) is 0.455. The van der Waals surface area contributed by atoms with Gasteiger partial charge < -0.3 is 16.0 Å². The van der Waals surface area contributed by atoms with Crippen LogP contribution in [0.2, 0.25) is 0 Å². The molecule has 0 heterocycles. The van der Waals surface area contributed by atoms with Crippen molar-refractivity contribution in [1.82, 2.24) is 4.90 Å². The lowest BCUT2D eigenvalue weighted by atomic mass is 10.2. The van der Waals surface area contributed by atoms with E-state index in [9.17, 15) is 4.39 Å². The van der Waals surface area contributed by atoms with Crippen LogP contribution in [-0.2, 0) is 6.54 Å². The molecule has 0 unspecified atom stereocenters. The number of hydrogen-bond donors (Lipinski definition) is 2. The summed E-state index contributed by atoms with van der Waals surface area (Å²) in [6.45, 7) is 2.06. The van der Waals surface area contributed by atoms with Gasteiger partial charge in [-0.3, -0.25) is 0 Å². The summed E-state index contributed by atoms with van der Waals surface area (Å²) in [4.78, 5) is 2.07. The first kappa shape index (κ1) is 11.9. The number of nitrogens with two attached hydrogens (primary N) is 1. The molecular formula is C11H18FN3. The van der Waals surface area contributed by atoms with Crippen molar-refractivity contribution in [2.24, 2.45) is 5.73 Å². The van der Waals surface area contributed by atoms with Gasteiger partial charge in [0.15, 0.2) is 0 Å². The van der Waals surface area contributed by atoms with Crippen LogP contribution in [0.15, 0.2) is 18.2 Å². The van der Waals surface area contributed by atoms with Crippen LogP contribution in [0.25, 0.3) is 0 Å². The Morgan fingerprint density at radius 3 is 2.67 bits per heavy atom. The first-order chi connectivity index (χ1) is 7.11. The molecule has 0 aliphatic heterocycles. The third-order valence-electron chi connectivity index (χ3n) is 2.08. The molecule has 0 aliphatic rings. The predicted octanol–water partition coefficient (Wildman–Crippen LogP) is 1.26. The van der Waals surface area contributed by atoms with E-state index in [1.807, 2.05) is 20.2 Å². The number of rotatable bonds is 5. The Morgan fingerprint density at radius 1 is 1.33 bits per heavy atom. The second-order valence-electron chi connectivity index (χ2n) is 3.78. The zero-order valence-corrected chi connectivity index (χ0v) is 9.26. The Balaban J connectivity index is 2.56. The average molecular weight is 211 g/mol. The molecule has 1 aromatic rings. The molecule has 15 heavy (non-hydrogen) atoms. The highest BCUT2D eigenvalue weighted by atomic mass is 19.1. The summed E-state index contributed by atoms with van der Waals surface area (Å²) >= 11 is 0. The first-order valence-electron chi connectivity index (χ1n) is 5.00. The number of hydrogen-bond acceptors (Lipinski definition) is 3. The van der Waals surface area contributed by atoms with Crippen molar-refractivity contribution in [2.45, 2.75) is 6.54 Å². The van der Waals surface area contributed by atoms with E-state index in [0.29, 0.717) is 6.54 Å². The van der Waals surface area contributed by atoms with Crippen LogP contribution in [0.5, 0.6) is 0 Å². The number of likely N-dealkylation sites (N-methyl/N-ethyl adjacent to an activating group) is 1. The van der Waals surface area contributed by atoms with Crippen molar-refractivity contribution in [3.8, 4) is 0 Å².